The lowest BCUT2D eigenvalue weighted by Gasteiger charge is -2.48. The summed E-state index contributed by atoms with van der Waals surface area (Å²) in [5.41, 5.74) is -0.529. The number of hydrogen-bond donors (Lipinski definition) is 1. The first kappa shape index (κ1) is 18.5. The first-order valence-corrected chi connectivity index (χ1v) is 9.71. The summed E-state index contributed by atoms with van der Waals surface area (Å²) in [6, 6.07) is 6.88. The highest BCUT2D eigenvalue weighted by Crippen LogP contribution is 2.44. The van der Waals surface area contributed by atoms with Crippen molar-refractivity contribution in [2.24, 2.45) is 0 Å². The quantitative estimate of drug-likeness (QED) is 0.816. The Morgan fingerprint density at radius 3 is 2.86 bits per heavy atom. The van der Waals surface area contributed by atoms with Crippen LogP contribution in [-0.4, -0.2) is 52.1 Å². The molecule has 0 aliphatic carbocycles. The van der Waals surface area contributed by atoms with Gasteiger partial charge in [-0.25, -0.2) is 0 Å². The van der Waals surface area contributed by atoms with Crippen molar-refractivity contribution in [2.75, 3.05) is 23.9 Å². The van der Waals surface area contributed by atoms with E-state index in [9.17, 15) is 14.4 Å². The number of nitrogens with zero attached hydrogens (tertiary/aromatic N) is 4. The molecule has 0 spiro atoms. The van der Waals surface area contributed by atoms with Crippen molar-refractivity contribution in [1.29, 1.82) is 0 Å². The van der Waals surface area contributed by atoms with Crippen LogP contribution in [-0.2, 0) is 20.9 Å². The van der Waals surface area contributed by atoms with Crippen molar-refractivity contribution in [2.45, 2.75) is 32.0 Å². The molecule has 0 saturated carbocycles. The molecule has 1 fully saturated rings. The molecule has 0 bridgehead atoms. The number of benzene rings is 1. The molecular weight excluding hydrogens is 382 g/mol. The molecule has 0 radical (unpaired) electrons. The molecule has 1 unspecified atom stereocenters. The maximum Gasteiger partial charge on any atom is 0.273 e. The van der Waals surface area contributed by atoms with Gasteiger partial charge in [0.2, 0.25) is 16.7 Å². The smallest absolute Gasteiger partial charge is 0.273 e. The van der Waals surface area contributed by atoms with Gasteiger partial charge >= 0.3 is 0 Å². The van der Waals surface area contributed by atoms with Crippen LogP contribution in [0.1, 0.15) is 35.1 Å². The summed E-state index contributed by atoms with van der Waals surface area (Å²) < 4.78 is 5.02. The number of hydrogen-bond acceptors (Lipinski definition) is 7. The topological polar surface area (TPSA) is 105 Å². The summed E-state index contributed by atoms with van der Waals surface area (Å²) in [5.74, 6) is -0.925. The molecule has 9 nitrogen and oxygen atoms in total. The summed E-state index contributed by atoms with van der Waals surface area (Å²) >= 11 is 1.19. The largest absolute Gasteiger partial charge is 0.377 e. The number of rotatable bonds is 5. The Morgan fingerprint density at radius 2 is 2.11 bits per heavy atom. The van der Waals surface area contributed by atoms with Gasteiger partial charge < -0.3 is 9.64 Å². The fraction of sp³-hybridized carbons (Fsp3) is 0.389. The average Bonchev–Trinajstić information content (AvgIpc) is 3.28. The van der Waals surface area contributed by atoms with Crippen LogP contribution in [0.25, 0.3) is 0 Å². The van der Waals surface area contributed by atoms with Crippen LogP contribution < -0.4 is 10.2 Å². The lowest BCUT2D eigenvalue weighted by Crippen LogP contribution is -2.69. The lowest BCUT2D eigenvalue weighted by molar-refractivity contribution is -0.128. The van der Waals surface area contributed by atoms with Crippen LogP contribution in [0.3, 0.4) is 0 Å². The highest BCUT2D eigenvalue weighted by atomic mass is 32.1. The minimum atomic E-state index is -1.41. The number of aromatic nitrogens is 2. The van der Waals surface area contributed by atoms with E-state index in [2.05, 4.69) is 15.5 Å². The van der Waals surface area contributed by atoms with Gasteiger partial charge in [-0.1, -0.05) is 23.5 Å². The fourth-order valence-electron chi connectivity index (χ4n) is 3.89. The number of nitrogens with one attached hydrogen (secondary N) is 1. The highest BCUT2D eigenvalue weighted by molar-refractivity contribution is 7.15. The minimum absolute atomic E-state index is 0.177. The maximum atomic E-state index is 13.4. The summed E-state index contributed by atoms with van der Waals surface area (Å²) in [7, 11) is 1.55. The second-order valence-corrected chi connectivity index (χ2v) is 7.56. The van der Waals surface area contributed by atoms with Gasteiger partial charge in [-0.2, -0.15) is 0 Å². The number of carbonyl (C=O) groups excluding carboxylic acids is 3. The van der Waals surface area contributed by atoms with Crippen LogP contribution in [0.5, 0.6) is 0 Å². The van der Waals surface area contributed by atoms with Gasteiger partial charge in [0.15, 0.2) is 0 Å². The zero-order valence-electron chi connectivity index (χ0n) is 15.5. The molecule has 28 heavy (non-hydrogen) atoms. The van der Waals surface area contributed by atoms with Gasteiger partial charge in [0, 0.05) is 26.5 Å². The molecule has 3 amide bonds. The van der Waals surface area contributed by atoms with Crippen LogP contribution in [0.4, 0.5) is 10.8 Å². The van der Waals surface area contributed by atoms with E-state index in [4.69, 9.17) is 4.74 Å². The molecule has 4 rings (SSSR count). The van der Waals surface area contributed by atoms with Gasteiger partial charge in [-0.05, 0) is 19.1 Å². The molecule has 3 heterocycles. The number of fused-ring (bicyclic) bond motifs is 3. The van der Waals surface area contributed by atoms with Crippen molar-refractivity contribution in [3.8, 4) is 0 Å². The third kappa shape index (κ3) is 2.60. The maximum absolute atomic E-state index is 13.4. The van der Waals surface area contributed by atoms with Crippen LogP contribution in [0.15, 0.2) is 24.3 Å². The van der Waals surface area contributed by atoms with E-state index < -0.39 is 11.6 Å². The monoisotopic (exact) mass is 401 g/mol. The van der Waals surface area contributed by atoms with E-state index in [1.54, 1.807) is 38.3 Å². The van der Waals surface area contributed by atoms with Crippen molar-refractivity contribution >= 4 is 39.9 Å². The lowest BCUT2D eigenvalue weighted by atomic mass is 9.95. The summed E-state index contributed by atoms with van der Waals surface area (Å²) in [6.07, 6.45) is 0.395. The number of para-hydroxylation sites is 1. The zero-order chi connectivity index (χ0) is 19.9. The second kappa shape index (κ2) is 6.95. The minimum Gasteiger partial charge on any atom is -0.377 e. The molecule has 2 aliphatic heterocycles. The summed E-state index contributed by atoms with van der Waals surface area (Å²) in [4.78, 5) is 42.2. The van der Waals surface area contributed by atoms with Crippen LogP contribution >= 0.6 is 11.3 Å². The number of carbonyl (C=O) groups is 3. The van der Waals surface area contributed by atoms with Crippen LogP contribution in [0.2, 0.25) is 0 Å². The van der Waals surface area contributed by atoms with Gasteiger partial charge in [0.25, 0.3) is 11.8 Å². The summed E-state index contributed by atoms with van der Waals surface area (Å²) in [6.45, 7) is 2.37. The first-order valence-electron chi connectivity index (χ1n) is 8.89. The normalized spacial score (nSPS) is 20.9. The van der Waals surface area contributed by atoms with Gasteiger partial charge in [-0.3, -0.25) is 24.6 Å². The van der Waals surface area contributed by atoms with Crippen molar-refractivity contribution in [3.63, 3.8) is 0 Å². The third-order valence-corrected chi connectivity index (χ3v) is 5.82. The SMILES string of the molecule is CCN1C(=O)c2ccccc2N2C(=O)CCC12C(=O)Nc1nnc(COC)s1. The molecule has 2 aromatic rings. The molecule has 10 heteroatoms. The Bertz CT molecular complexity index is 961. The molecule has 1 aromatic carbocycles. The molecule has 1 N–H and O–H groups in total. The standard InChI is InChI=1S/C18H19N5O4S/c1-3-22-15(25)11-6-4-5-7-12(11)23-14(24)8-9-18(22,23)16(26)19-17-21-20-13(28-17)10-27-2/h4-7H,3,8-10H2,1-2H3,(H,19,21,26). The Morgan fingerprint density at radius 1 is 1.32 bits per heavy atom. The zero-order valence-corrected chi connectivity index (χ0v) is 16.3. The Kier molecular flexibility index (Phi) is 4.60. The predicted octanol–water partition coefficient (Wildman–Crippen LogP) is 1.62. The fourth-order valence-corrected chi connectivity index (χ4v) is 4.60. The number of likely N-dealkylation sites (N-methyl/N-ethyl adjacent to an activating group) is 1. The molecule has 2 aliphatic rings. The molecular formula is C18H19N5O4S. The number of anilines is 2. The van der Waals surface area contributed by atoms with E-state index in [0.29, 0.717) is 21.4 Å². The van der Waals surface area contributed by atoms with Gasteiger partial charge in [-0.15, -0.1) is 10.2 Å². The Labute approximate surface area is 165 Å². The number of ether oxygens (including phenoxy) is 1. The predicted molar refractivity (Wildman–Crippen MR) is 102 cm³/mol. The number of methoxy groups -OCH3 is 1. The van der Waals surface area contributed by atoms with Gasteiger partial charge in [0.1, 0.15) is 11.6 Å². The van der Waals surface area contributed by atoms with Crippen molar-refractivity contribution < 1.29 is 19.1 Å². The molecule has 1 aromatic heterocycles. The van der Waals surface area contributed by atoms with E-state index in [-0.39, 0.29) is 37.8 Å². The van der Waals surface area contributed by atoms with E-state index in [0.717, 1.165) is 0 Å². The van der Waals surface area contributed by atoms with Gasteiger partial charge in [0.05, 0.1) is 11.3 Å². The van der Waals surface area contributed by atoms with Crippen molar-refractivity contribution in [1.82, 2.24) is 15.1 Å². The molecule has 1 atom stereocenters. The second-order valence-electron chi connectivity index (χ2n) is 6.50. The van der Waals surface area contributed by atoms with E-state index in [1.165, 1.54) is 21.1 Å². The summed E-state index contributed by atoms with van der Waals surface area (Å²) in [5, 5.41) is 11.6. The van der Waals surface area contributed by atoms with E-state index >= 15 is 0 Å². The van der Waals surface area contributed by atoms with Crippen molar-refractivity contribution in [3.05, 3.63) is 34.8 Å². The Balaban J connectivity index is 1.76. The first-order chi connectivity index (χ1) is 13.5. The highest BCUT2D eigenvalue weighted by Gasteiger charge is 2.60. The van der Waals surface area contributed by atoms with E-state index in [1.807, 2.05) is 0 Å². The molecule has 1 saturated heterocycles. The number of amides is 3. The molecule has 146 valence electrons. The average molecular weight is 401 g/mol. The Hall–Kier alpha value is -2.85. The van der Waals surface area contributed by atoms with Crippen LogP contribution in [0, 0.1) is 0 Å². The third-order valence-electron chi connectivity index (χ3n) is 5.01.